The second-order valence-corrected chi connectivity index (χ2v) is 13.2. The Bertz CT molecular complexity index is 1960. The number of nitrogens with zero attached hydrogens (tertiary/aromatic N) is 3. The Kier molecular flexibility index (Phi) is 7.27. The van der Waals surface area contributed by atoms with Crippen LogP contribution in [0.1, 0.15) is 72.0 Å². The van der Waals surface area contributed by atoms with Gasteiger partial charge in [-0.15, -0.1) is 0 Å². The number of aromatic amines is 1. The van der Waals surface area contributed by atoms with Crippen molar-refractivity contribution in [2.24, 2.45) is 10.4 Å². The fourth-order valence-corrected chi connectivity index (χ4v) is 7.11. The second-order valence-electron chi connectivity index (χ2n) is 13.2. The van der Waals surface area contributed by atoms with Gasteiger partial charge in [-0.3, -0.25) is 9.59 Å². The van der Waals surface area contributed by atoms with E-state index < -0.39 is 5.41 Å². The molecule has 0 bridgehead atoms. The number of piperidine rings is 1. The summed E-state index contributed by atoms with van der Waals surface area (Å²) in [5.74, 6) is 2.20. The predicted molar refractivity (Wildman–Crippen MR) is 180 cm³/mol. The van der Waals surface area contributed by atoms with Crippen molar-refractivity contribution in [2.45, 2.75) is 51.5 Å². The predicted octanol–water partition coefficient (Wildman–Crippen LogP) is 6.26. The molecule has 1 saturated carbocycles. The summed E-state index contributed by atoms with van der Waals surface area (Å²) in [5.41, 5.74) is 11.4. The van der Waals surface area contributed by atoms with Crippen LogP contribution in [-0.4, -0.2) is 47.4 Å². The molecule has 0 unspecified atom stereocenters. The van der Waals surface area contributed by atoms with Crippen molar-refractivity contribution >= 4 is 29.8 Å². The third-order valence-corrected chi connectivity index (χ3v) is 10.1. The molecule has 3 N–H and O–H groups in total. The molecule has 236 valence electrons. The number of benzene rings is 2. The van der Waals surface area contributed by atoms with E-state index in [1.165, 1.54) is 18.4 Å². The fourth-order valence-electron chi connectivity index (χ4n) is 7.11. The van der Waals surface area contributed by atoms with Gasteiger partial charge in [0.05, 0.1) is 31.9 Å². The van der Waals surface area contributed by atoms with Crippen molar-refractivity contribution in [3.05, 3.63) is 99.3 Å². The van der Waals surface area contributed by atoms with E-state index in [-0.39, 0.29) is 18.0 Å². The average Bonchev–Trinajstić information content (AvgIpc) is 3.90. The molecule has 5 aliphatic rings. The molecule has 2 fully saturated rings. The largest absolute Gasteiger partial charge is 0.408 e. The minimum atomic E-state index is -0.956. The number of fused-ring (bicyclic) bond motifs is 2. The van der Waals surface area contributed by atoms with Crippen molar-refractivity contribution in [1.29, 1.82) is 5.26 Å². The van der Waals surface area contributed by atoms with Crippen LogP contribution in [0.25, 0.3) is 17.3 Å². The monoisotopic (exact) mass is 624 g/mol. The molecule has 4 heterocycles. The van der Waals surface area contributed by atoms with Gasteiger partial charge in [0.15, 0.2) is 17.3 Å². The van der Waals surface area contributed by atoms with Crippen LogP contribution in [0.15, 0.2) is 82.0 Å². The minimum absolute atomic E-state index is 0.0722. The molecule has 8 rings (SSSR count). The molecule has 0 atom stereocenters. The number of ketones is 2. The first-order chi connectivity index (χ1) is 22.9. The Balaban J connectivity index is 0.995. The minimum Gasteiger partial charge on any atom is -0.408 e. The average molecular weight is 625 g/mol. The van der Waals surface area contributed by atoms with Gasteiger partial charge in [0.25, 0.3) is 0 Å². The molecule has 0 spiro atoms. The molecule has 47 heavy (non-hydrogen) atoms. The quantitative estimate of drug-likeness (QED) is 0.277. The van der Waals surface area contributed by atoms with Crippen LogP contribution in [0.3, 0.4) is 0 Å². The Hall–Kier alpha value is -5.04. The van der Waals surface area contributed by atoms with Gasteiger partial charge in [0.1, 0.15) is 11.2 Å². The molecule has 0 amide bonds. The standard InChI is InChI=1S/C38H36N6O3/c1-23-14-31(29-15-28-9-8-27(24-2-3-24)17-35(28)47-42-19-29)34(45)18-33(23)44-20-30-16-32(43-37(30)41-22-44)25-4-6-26(7-5-25)36(46)38(21-39)10-12-40-13-11-38/h4-9,14-17,22,24,40,42-43H,2-3,10-13,18-20H2,1H3. The van der Waals surface area contributed by atoms with Crippen molar-refractivity contribution in [3.8, 4) is 23.1 Å². The second kappa shape index (κ2) is 11.6. The maximum atomic E-state index is 13.6. The number of allylic oxidation sites excluding steroid dienone is 3. The van der Waals surface area contributed by atoms with E-state index in [4.69, 9.17) is 9.83 Å². The normalized spacial score (nSPS) is 20.3. The first-order valence-electron chi connectivity index (χ1n) is 16.4. The molecule has 1 saturated heterocycles. The third-order valence-electron chi connectivity index (χ3n) is 10.1. The highest BCUT2D eigenvalue weighted by molar-refractivity contribution is 6.04. The number of nitriles is 1. The van der Waals surface area contributed by atoms with Crippen molar-refractivity contribution in [1.82, 2.24) is 20.7 Å². The summed E-state index contributed by atoms with van der Waals surface area (Å²) in [4.78, 5) is 42.9. The van der Waals surface area contributed by atoms with E-state index in [9.17, 15) is 14.9 Å². The highest BCUT2D eigenvalue weighted by Crippen LogP contribution is 2.42. The topological polar surface area (TPSA) is 123 Å². The van der Waals surface area contributed by atoms with Crippen LogP contribution in [0.4, 0.5) is 5.82 Å². The molecule has 3 aromatic rings. The van der Waals surface area contributed by atoms with Gasteiger partial charge in [-0.2, -0.15) is 10.7 Å². The maximum absolute atomic E-state index is 13.6. The summed E-state index contributed by atoms with van der Waals surface area (Å²) < 4.78 is 0. The van der Waals surface area contributed by atoms with Crippen LogP contribution in [0.2, 0.25) is 0 Å². The number of hydrogen-bond acceptors (Lipinski definition) is 8. The van der Waals surface area contributed by atoms with E-state index in [2.05, 4.69) is 57.1 Å². The number of rotatable bonds is 6. The number of Topliss-reactive ketones (excluding diaryl/α,β-unsaturated/α-hetero) is 2. The fraction of sp³-hybridized carbons (Fsp3) is 0.316. The number of hydroxylamine groups is 1. The highest BCUT2D eigenvalue weighted by atomic mass is 16.6. The van der Waals surface area contributed by atoms with Gasteiger partial charge >= 0.3 is 0 Å². The molecule has 1 aromatic heterocycles. The lowest BCUT2D eigenvalue weighted by molar-refractivity contribution is -0.115. The number of aromatic nitrogens is 1. The highest BCUT2D eigenvalue weighted by Gasteiger charge is 2.40. The van der Waals surface area contributed by atoms with Crippen LogP contribution in [-0.2, 0) is 11.3 Å². The van der Waals surface area contributed by atoms with Gasteiger partial charge in [0.2, 0.25) is 0 Å². The van der Waals surface area contributed by atoms with Crippen molar-refractivity contribution < 1.29 is 14.4 Å². The zero-order valence-electron chi connectivity index (χ0n) is 26.4. The summed E-state index contributed by atoms with van der Waals surface area (Å²) in [6.07, 6.45) is 9.67. The van der Waals surface area contributed by atoms with Gasteiger partial charge in [-0.05, 0) is 98.2 Å². The molecule has 0 radical (unpaired) electrons. The molecule has 2 aliphatic carbocycles. The van der Waals surface area contributed by atoms with Gasteiger partial charge < -0.3 is 20.0 Å². The third kappa shape index (κ3) is 5.43. The molecular formula is C38H36N6O3. The smallest absolute Gasteiger partial charge is 0.183 e. The van der Waals surface area contributed by atoms with Crippen LogP contribution < -0.4 is 15.6 Å². The van der Waals surface area contributed by atoms with Crippen LogP contribution in [0, 0.1) is 16.7 Å². The summed E-state index contributed by atoms with van der Waals surface area (Å²) in [6.45, 7) is 4.42. The Morgan fingerprint density at radius 3 is 2.66 bits per heavy atom. The van der Waals surface area contributed by atoms with Gasteiger partial charge in [-0.25, -0.2) is 4.99 Å². The van der Waals surface area contributed by atoms with Gasteiger partial charge in [0, 0.05) is 33.7 Å². The van der Waals surface area contributed by atoms with E-state index >= 15 is 0 Å². The number of nitrogens with one attached hydrogen (secondary N) is 3. The molecule has 9 nitrogen and oxygen atoms in total. The lowest BCUT2D eigenvalue weighted by Crippen LogP contribution is -2.41. The van der Waals surface area contributed by atoms with Crippen LogP contribution >= 0.6 is 0 Å². The van der Waals surface area contributed by atoms with Crippen molar-refractivity contribution in [3.63, 3.8) is 0 Å². The molecular weight excluding hydrogens is 588 g/mol. The van der Waals surface area contributed by atoms with E-state index in [0.29, 0.717) is 56.1 Å². The first kappa shape index (κ1) is 29.4. The lowest BCUT2D eigenvalue weighted by atomic mass is 9.74. The van der Waals surface area contributed by atoms with Crippen molar-refractivity contribution in [2.75, 3.05) is 19.6 Å². The maximum Gasteiger partial charge on any atom is 0.183 e. The van der Waals surface area contributed by atoms with E-state index in [0.717, 1.165) is 50.8 Å². The number of carbonyl (C=O) groups excluding carboxylic acids is 2. The summed E-state index contributed by atoms with van der Waals surface area (Å²) in [6, 6.07) is 18.2. The summed E-state index contributed by atoms with van der Waals surface area (Å²) in [5, 5.41) is 13.1. The zero-order valence-corrected chi connectivity index (χ0v) is 26.4. The molecule has 9 heteroatoms. The van der Waals surface area contributed by atoms with Crippen LogP contribution in [0.5, 0.6) is 5.75 Å². The zero-order chi connectivity index (χ0) is 32.1. The summed E-state index contributed by atoms with van der Waals surface area (Å²) >= 11 is 0. The van der Waals surface area contributed by atoms with Gasteiger partial charge in [-0.1, -0.05) is 36.4 Å². The summed E-state index contributed by atoms with van der Waals surface area (Å²) in [7, 11) is 0. The number of H-pyrrole nitrogens is 1. The first-order valence-corrected chi connectivity index (χ1v) is 16.4. The Morgan fingerprint density at radius 2 is 1.89 bits per heavy atom. The number of hydrogen-bond donors (Lipinski definition) is 3. The SMILES string of the molecule is CC1=C(N2C=Nc3[nH]c(-c4ccc(C(=O)C5(C#N)CCNCC5)cc4)cc3C2)CC(=O)C(C2=Cc3ccc(C4CC4)cc3ONC2)=C1. The molecule has 3 aliphatic heterocycles. The Labute approximate surface area is 273 Å². The van der Waals surface area contributed by atoms with E-state index in [1.54, 1.807) is 6.34 Å². The lowest BCUT2D eigenvalue weighted by Gasteiger charge is -2.29. The Morgan fingerprint density at radius 1 is 1.09 bits per heavy atom. The number of carbonyl (C=O) groups is 2. The number of aliphatic imine (C=N–C) groups is 1. The molecule has 2 aromatic carbocycles. The van der Waals surface area contributed by atoms with E-state index in [1.807, 2.05) is 37.3 Å².